The number of amides is 1. The number of halogens is 7. The molecule has 0 saturated heterocycles. The second kappa shape index (κ2) is 17.0. The predicted octanol–water partition coefficient (Wildman–Crippen LogP) is 11.8. The molecule has 0 spiro atoms. The Balaban J connectivity index is 0.000000218. The minimum atomic E-state index is -4.46. The van der Waals surface area contributed by atoms with Crippen LogP contribution in [0.25, 0.3) is 33.8 Å². The lowest BCUT2D eigenvalue weighted by Gasteiger charge is -2.17. The summed E-state index contributed by atoms with van der Waals surface area (Å²) in [6, 6.07) is 21.0. The maximum atomic E-state index is 13.2. The van der Waals surface area contributed by atoms with E-state index in [9.17, 15) is 35.9 Å². The minimum absolute atomic E-state index is 0.0405. The molecule has 15 heteroatoms. The number of fused-ring (bicyclic) bond motifs is 2. The molecular formula is C42H45ClF6N6O2. The van der Waals surface area contributed by atoms with Gasteiger partial charge < -0.3 is 11.1 Å². The van der Waals surface area contributed by atoms with E-state index in [0.29, 0.717) is 40.2 Å². The number of rotatable bonds is 5. The second-order valence-corrected chi connectivity index (χ2v) is 16.3. The first-order chi connectivity index (χ1) is 26.2. The van der Waals surface area contributed by atoms with Gasteiger partial charge in [-0.05, 0) is 84.8 Å². The number of carbonyl (C=O) groups is 2. The van der Waals surface area contributed by atoms with E-state index in [1.54, 1.807) is 33.1 Å². The second-order valence-electron chi connectivity index (χ2n) is 15.9. The lowest BCUT2D eigenvalue weighted by atomic mass is 9.92. The Hall–Kier alpha value is -5.37. The molecule has 304 valence electrons. The van der Waals surface area contributed by atoms with Gasteiger partial charge in [0.2, 0.25) is 11.1 Å². The van der Waals surface area contributed by atoms with E-state index in [0.717, 1.165) is 35.7 Å². The first kappa shape index (κ1) is 44.3. The van der Waals surface area contributed by atoms with Gasteiger partial charge in [0.25, 0.3) is 0 Å². The highest BCUT2D eigenvalue weighted by molar-refractivity contribution is 6.63. The molecule has 3 N–H and O–H groups in total. The fourth-order valence-corrected chi connectivity index (χ4v) is 6.32. The molecule has 4 aromatic heterocycles. The van der Waals surface area contributed by atoms with Gasteiger partial charge in [0.05, 0.1) is 22.5 Å². The van der Waals surface area contributed by atoms with Crippen LogP contribution in [0, 0.1) is 24.7 Å². The number of nitrogen functional groups attached to an aromatic ring is 1. The first-order valence-electron chi connectivity index (χ1n) is 17.8. The maximum absolute atomic E-state index is 13.2. The molecule has 2 aromatic carbocycles. The Kier molecular flexibility index (Phi) is 13.2. The van der Waals surface area contributed by atoms with Crippen LogP contribution in [0.4, 0.5) is 38.0 Å². The van der Waals surface area contributed by atoms with Crippen molar-refractivity contribution in [1.29, 1.82) is 0 Å². The molecule has 6 aromatic rings. The average molecular weight is 815 g/mol. The van der Waals surface area contributed by atoms with Crippen LogP contribution in [-0.2, 0) is 21.9 Å². The number of aryl methyl sites for hydroxylation is 2. The molecule has 8 nitrogen and oxygen atoms in total. The van der Waals surface area contributed by atoms with Gasteiger partial charge in [-0.3, -0.25) is 18.4 Å². The number of benzene rings is 2. The van der Waals surface area contributed by atoms with E-state index >= 15 is 0 Å². The number of nitrogens with two attached hydrogens (primary N) is 1. The topological polar surface area (TPSA) is 107 Å². The Morgan fingerprint density at radius 3 is 1.49 bits per heavy atom. The van der Waals surface area contributed by atoms with Crippen molar-refractivity contribution in [2.75, 3.05) is 11.1 Å². The summed E-state index contributed by atoms with van der Waals surface area (Å²) in [5.74, 6) is 0.230. The summed E-state index contributed by atoms with van der Waals surface area (Å²) < 4.78 is 81.7. The van der Waals surface area contributed by atoms with Crippen LogP contribution in [-0.4, -0.2) is 29.9 Å². The third kappa shape index (κ3) is 11.8. The maximum Gasteiger partial charge on any atom is 0.416 e. The van der Waals surface area contributed by atoms with Crippen LogP contribution in [0.5, 0.6) is 0 Å². The highest BCUT2D eigenvalue weighted by Crippen LogP contribution is 2.37. The van der Waals surface area contributed by atoms with Crippen molar-refractivity contribution in [3.05, 3.63) is 107 Å². The van der Waals surface area contributed by atoms with Crippen molar-refractivity contribution < 1.29 is 35.9 Å². The number of aromatic nitrogens is 4. The molecule has 1 amide bonds. The standard InChI is InChI=1S/C21H22F3N3O.C15H12F3N3.C6H11ClO/c1-13-7-5-10-16-25-19(26-17(28)12-20(2,3)4)18(27(13)16)14-8-6-9-15(11-14)21(22,23)24;1-9-4-2-7-12-20-14(19)13(21(9)12)10-5-3-6-11(8-10)15(16,17)18;1-6(2,3)4-5(7)8/h5-11H,12H2,1-4H3,(H,26,28);2-8H,19H2,1H3;4H2,1-3H3. The number of hydrogen-bond donors (Lipinski definition) is 2. The molecule has 57 heavy (non-hydrogen) atoms. The number of alkyl halides is 6. The summed E-state index contributed by atoms with van der Waals surface area (Å²) in [5, 5.41) is 2.54. The van der Waals surface area contributed by atoms with Crippen LogP contribution in [0.15, 0.2) is 84.9 Å². The number of hydrogen-bond acceptors (Lipinski definition) is 5. The molecular weight excluding hydrogens is 770 g/mol. The summed E-state index contributed by atoms with van der Waals surface area (Å²) in [5.41, 5.74) is 8.72. The number of nitrogens with one attached hydrogen (secondary N) is 1. The van der Waals surface area contributed by atoms with E-state index in [4.69, 9.17) is 17.3 Å². The van der Waals surface area contributed by atoms with Crippen LogP contribution in [0.2, 0.25) is 0 Å². The van der Waals surface area contributed by atoms with Crippen molar-refractivity contribution in [3.8, 4) is 22.5 Å². The Morgan fingerprint density at radius 1 is 0.649 bits per heavy atom. The lowest BCUT2D eigenvalue weighted by Crippen LogP contribution is -2.20. The number of pyridine rings is 2. The van der Waals surface area contributed by atoms with E-state index in [1.807, 2.05) is 79.7 Å². The minimum Gasteiger partial charge on any atom is -0.382 e. The molecule has 4 heterocycles. The molecule has 0 aliphatic heterocycles. The summed E-state index contributed by atoms with van der Waals surface area (Å²) in [7, 11) is 0. The van der Waals surface area contributed by atoms with Crippen molar-refractivity contribution in [2.45, 2.75) is 80.6 Å². The van der Waals surface area contributed by atoms with Gasteiger partial charge in [-0.2, -0.15) is 26.3 Å². The molecule has 6 rings (SSSR count). The van der Waals surface area contributed by atoms with Crippen LogP contribution >= 0.6 is 11.6 Å². The zero-order valence-corrected chi connectivity index (χ0v) is 33.6. The molecule has 0 fully saturated rings. The molecule has 0 unspecified atom stereocenters. The van der Waals surface area contributed by atoms with Gasteiger partial charge in [0.15, 0.2) is 11.6 Å². The molecule has 0 radical (unpaired) electrons. The smallest absolute Gasteiger partial charge is 0.382 e. The van der Waals surface area contributed by atoms with E-state index in [-0.39, 0.29) is 40.0 Å². The largest absolute Gasteiger partial charge is 0.416 e. The number of anilines is 2. The monoisotopic (exact) mass is 814 g/mol. The number of carbonyl (C=O) groups excluding carboxylic acids is 2. The van der Waals surface area contributed by atoms with Crippen LogP contribution in [0.3, 0.4) is 0 Å². The van der Waals surface area contributed by atoms with E-state index in [1.165, 1.54) is 12.1 Å². The van der Waals surface area contributed by atoms with Gasteiger partial charge >= 0.3 is 12.4 Å². The third-order valence-corrected chi connectivity index (χ3v) is 8.38. The van der Waals surface area contributed by atoms with Crippen LogP contribution < -0.4 is 11.1 Å². The van der Waals surface area contributed by atoms with Crippen LogP contribution in [0.1, 0.15) is 76.9 Å². The Morgan fingerprint density at radius 2 is 1.07 bits per heavy atom. The molecule has 0 bridgehead atoms. The summed E-state index contributed by atoms with van der Waals surface area (Å²) >= 11 is 5.12. The highest BCUT2D eigenvalue weighted by atomic mass is 35.5. The Labute approximate surface area is 332 Å². The van der Waals surface area contributed by atoms with Crippen molar-refractivity contribution in [1.82, 2.24) is 18.8 Å². The van der Waals surface area contributed by atoms with Crippen molar-refractivity contribution in [3.63, 3.8) is 0 Å². The van der Waals surface area contributed by atoms with Crippen molar-refractivity contribution in [2.24, 2.45) is 10.8 Å². The predicted molar refractivity (Wildman–Crippen MR) is 213 cm³/mol. The normalized spacial score (nSPS) is 12.1. The SMILES string of the molecule is CC(C)(C)CC(=O)Cl.Cc1cccc2nc(N)c(-c3cccc(C(F)(F)F)c3)n12.Cc1cccc2nc(NC(=O)CC(C)(C)C)c(-c3cccc(C(F)(F)F)c3)n12. The van der Waals surface area contributed by atoms with Gasteiger partial charge in [-0.25, -0.2) is 9.97 Å². The zero-order valence-electron chi connectivity index (χ0n) is 32.8. The van der Waals surface area contributed by atoms with Crippen molar-refractivity contribution >= 4 is 45.7 Å². The van der Waals surface area contributed by atoms with E-state index in [2.05, 4.69) is 15.3 Å². The number of nitrogens with zero attached hydrogens (tertiary/aromatic N) is 4. The summed E-state index contributed by atoms with van der Waals surface area (Å²) in [4.78, 5) is 31.3. The highest BCUT2D eigenvalue weighted by Gasteiger charge is 2.32. The van der Waals surface area contributed by atoms with Gasteiger partial charge in [0, 0.05) is 35.4 Å². The summed E-state index contributed by atoms with van der Waals surface area (Å²) in [6.45, 7) is 15.4. The lowest BCUT2D eigenvalue weighted by molar-refractivity contribution is -0.138. The fourth-order valence-electron chi connectivity index (χ4n) is 5.92. The van der Waals surface area contributed by atoms with Gasteiger partial charge in [-0.1, -0.05) is 77.9 Å². The first-order valence-corrected chi connectivity index (χ1v) is 18.2. The fraction of sp³-hybridized carbons (Fsp3) is 0.333. The van der Waals surface area contributed by atoms with E-state index < -0.39 is 23.5 Å². The molecule has 0 aliphatic carbocycles. The molecule has 0 atom stereocenters. The molecule has 0 saturated carbocycles. The third-order valence-electron chi connectivity index (χ3n) is 8.25. The average Bonchev–Trinajstić information content (AvgIpc) is 3.60. The quantitative estimate of drug-likeness (QED) is 0.133. The number of imidazole rings is 2. The summed E-state index contributed by atoms with van der Waals surface area (Å²) in [6.07, 6.45) is -8.13. The zero-order chi connectivity index (χ0) is 42.7. The molecule has 0 aliphatic rings. The van der Waals surface area contributed by atoms with Gasteiger partial charge in [0.1, 0.15) is 11.3 Å². The van der Waals surface area contributed by atoms with Gasteiger partial charge in [-0.15, -0.1) is 0 Å². The Bertz CT molecular complexity index is 2380.